The number of aromatic nitrogens is 1. The molecule has 0 spiro atoms. The molecule has 1 aromatic heterocycles. The molecule has 7 nitrogen and oxygen atoms in total. The van der Waals surface area contributed by atoms with Gasteiger partial charge in [0.1, 0.15) is 12.2 Å². The van der Waals surface area contributed by atoms with Gasteiger partial charge in [-0.25, -0.2) is 4.98 Å². The Bertz CT molecular complexity index is 512. The first-order valence-corrected chi connectivity index (χ1v) is 5.57. The SMILES string of the molecule is N#Cc1cnc(OC2CCC(N)C2)c([N+](=O)[O-])c1. The van der Waals surface area contributed by atoms with Crippen LogP contribution in [0.1, 0.15) is 24.8 Å². The van der Waals surface area contributed by atoms with Crippen molar-refractivity contribution < 1.29 is 9.66 Å². The second-order valence-electron chi connectivity index (χ2n) is 4.23. The molecule has 1 heterocycles. The Kier molecular flexibility index (Phi) is 3.39. The van der Waals surface area contributed by atoms with Crippen LogP contribution >= 0.6 is 0 Å². The van der Waals surface area contributed by atoms with E-state index in [1.165, 1.54) is 6.20 Å². The van der Waals surface area contributed by atoms with E-state index >= 15 is 0 Å². The lowest BCUT2D eigenvalue weighted by molar-refractivity contribution is -0.386. The van der Waals surface area contributed by atoms with Gasteiger partial charge in [0, 0.05) is 18.3 Å². The maximum Gasteiger partial charge on any atom is 0.332 e. The quantitative estimate of drug-likeness (QED) is 0.633. The van der Waals surface area contributed by atoms with Gasteiger partial charge in [0.25, 0.3) is 5.88 Å². The van der Waals surface area contributed by atoms with Crippen LogP contribution in [0.2, 0.25) is 0 Å². The van der Waals surface area contributed by atoms with Crippen LogP contribution in [0.15, 0.2) is 12.3 Å². The van der Waals surface area contributed by atoms with Gasteiger partial charge in [-0.2, -0.15) is 5.26 Å². The third-order valence-corrected chi connectivity index (χ3v) is 2.86. The summed E-state index contributed by atoms with van der Waals surface area (Å²) in [6.45, 7) is 0. The molecule has 1 aliphatic carbocycles. The first-order chi connectivity index (χ1) is 8.60. The average Bonchev–Trinajstić information content (AvgIpc) is 2.75. The molecule has 0 bridgehead atoms. The molecule has 0 amide bonds. The Balaban J connectivity index is 2.22. The monoisotopic (exact) mass is 248 g/mol. The first-order valence-electron chi connectivity index (χ1n) is 5.57. The van der Waals surface area contributed by atoms with Gasteiger partial charge >= 0.3 is 5.69 Å². The molecular formula is C11H12N4O3. The highest BCUT2D eigenvalue weighted by atomic mass is 16.6. The van der Waals surface area contributed by atoms with E-state index in [0.717, 1.165) is 18.9 Å². The van der Waals surface area contributed by atoms with Crippen LogP contribution in [-0.2, 0) is 0 Å². The van der Waals surface area contributed by atoms with Gasteiger partial charge in [-0.3, -0.25) is 10.1 Å². The highest BCUT2D eigenvalue weighted by Crippen LogP contribution is 2.29. The summed E-state index contributed by atoms with van der Waals surface area (Å²) in [4.78, 5) is 14.1. The molecule has 0 saturated heterocycles. The Hall–Kier alpha value is -2.20. The van der Waals surface area contributed by atoms with Crippen LogP contribution in [0.25, 0.3) is 0 Å². The van der Waals surface area contributed by atoms with E-state index < -0.39 is 4.92 Å². The molecule has 2 atom stereocenters. The summed E-state index contributed by atoms with van der Waals surface area (Å²) in [5, 5.41) is 19.6. The highest BCUT2D eigenvalue weighted by molar-refractivity contribution is 5.46. The topological polar surface area (TPSA) is 115 Å². The molecular weight excluding hydrogens is 236 g/mol. The molecule has 1 saturated carbocycles. The van der Waals surface area contributed by atoms with E-state index in [1.807, 2.05) is 6.07 Å². The normalized spacial score (nSPS) is 22.4. The molecule has 7 heteroatoms. The largest absolute Gasteiger partial charge is 0.469 e. The minimum absolute atomic E-state index is 0.0434. The Morgan fingerprint density at radius 3 is 2.94 bits per heavy atom. The van der Waals surface area contributed by atoms with Gasteiger partial charge in [-0.15, -0.1) is 0 Å². The van der Waals surface area contributed by atoms with Crippen LogP contribution in [0, 0.1) is 21.4 Å². The fourth-order valence-corrected chi connectivity index (χ4v) is 1.96. The lowest BCUT2D eigenvalue weighted by atomic mass is 10.2. The summed E-state index contributed by atoms with van der Waals surface area (Å²) in [6.07, 6.45) is 3.39. The predicted molar refractivity (Wildman–Crippen MR) is 61.8 cm³/mol. The van der Waals surface area contributed by atoms with Crippen molar-refractivity contribution in [2.24, 2.45) is 5.73 Å². The maximum atomic E-state index is 10.9. The zero-order chi connectivity index (χ0) is 13.1. The minimum atomic E-state index is -0.599. The molecule has 18 heavy (non-hydrogen) atoms. The molecule has 2 N–H and O–H groups in total. The van der Waals surface area contributed by atoms with Gasteiger partial charge in [0.05, 0.1) is 10.5 Å². The van der Waals surface area contributed by atoms with E-state index in [9.17, 15) is 10.1 Å². The van der Waals surface area contributed by atoms with Crippen molar-refractivity contribution in [2.75, 3.05) is 0 Å². The number of nitrogens with zero attached hydrogens (tertiary/aromatic N) is 3. The van der Waals surface area contributed by atoms with Crippen molar-refractivity contribution in [1.82, 2.24) is 4.98 Å². The second kappa shape index (κ2) is 4.98. The van der Waals surface area contributed by atoms with E-state index in [0.29, 0.717) is 6.42 Å². The molecule has 0 radical (unpaired) electrons. The third-order valence-electron chi connectivity index (χ3n) is 2.86. The summed E-state index contributed by atoms with van der Waals surface area (Å²) in [6, 6.07) is 3.05. The Labute approximate surface area is 103 Å². The van der Waals surface area contributed by atoms with Crippen LogP contribution in [0.5, 0.6) is 5.88 Å². The van der Waals surface area contributed by atoms with Crippen LogP contribution in [0.4, 0.5) is 5.69 Å². The summed E-state index contributed by atoms with van der Waals surface area (Å²) < 4.78 is 5.50. The molecule has 94 valence electrons. The first kappa shape index (κ1) is 12.3. The zero-order valence-corrected chi connectivity index (χ0v) is 9.57. The lowest BCUT2D eigenvalue weighted by Gasteiger charge is -2.12. The molecule has 0 aliphatic heterocycles. The van der Waals surface area contributed by atoms with Gasteiger partial charge < -0.3 is 10.5 Å². The van der Waals surface area contributed by atoms with Gasteiger partial charge in [-0.1, -0.05) is 0 Å². The smallest absolute Gasteiger partial charge is 0.332 e. The standard InChI is InChI=1S/C11H12N4O3/c12-5-7-3-10(15(16)17)11(14-6-7)18-9-2-1-8(13)4-9/h3,6,8-9H,1-2,4,13H2. The molecule has 1 aromatic rings. The van der Waals surface area contributed by atoms with Crippen molar-refractivity contribution in [3.05, 3.63) is 27.9 Å². The fraction of sp³-hybridized carbons (Fsp3) is 0.455. The molecule has 2 unspecified atom stereocenters. The van der Waals surface area contributed by atoms with Crippen molar-refractivity contribution in [2.45, 2.75) is 31.4 Å². The number of hydrogen-bond acceptors (Lipinski definition) is 6. The van der Waals surface area contributed by atoms with Crippen molar-refractivity contribution in [3.63, 3.8) is 0 Å². The maximum absolute atomic E-state index is 10.9. The lowest BCUT2D eigenvalue weighted by Crippen LogP contribution is -2.19. The summed E-state index contributed by atoms with van der Waals surface area (Å²) in [7, 11) is 0. The molecule has 0 aromatic carbocycles. The number of pyridine rings is 1. The molecule has 1 fully saturated rings. The third kappa shape index (κ3) is 2.55. The predicted octanol–water partition coefficient (Wildman–Crippen LogP) is 1.12. The Morgan fingerprint density at radius 1 is 1.61 bits per heavy atom. The summed E-state index contributed by atoms with van der Waals surface area (Å²) >= 11 is 0. The van der Waals surface area contributed by atoms with Crippen LogP contribution < -0.4 is 10.5 Å². The molecule has 2 rings (SSSR count). The zero-order valence-electron chi connectivity index (χ0n) is 9.57. The van der Waals surface area contributed by atoms with E-state index in [1.54, 1.807) is 0 Å². The molecule has 1 aliphatic rings. The van der Waals surface area contributed by atoms with Gasteiger partial charge in [0.15, 0.2) is 0 Å². The van der Waals surface area contributed by atoms with Crippen LogP contribution in [0.3, 0.4) is 0 Å². The fourth-order valence-electron chi connectivity index (χ4n) is 1.96. The number of nitrogens with two attached hydrogens (primary N) is 1. The Morgan fingerprint density at radius 2 is 2.39 bits per heavy atom. The average molecular weight is 248 g/mol. The number of nitro groups is 1. The van der Waals surface area contributed by atoms with Crippen molar-refractivity contribution in [1.29, 1.82) is 5.26 Å². The minimum Gasteiger partial charge on any atom is -0.469 e. The van der Waals surface area contributed by atoms with Gasteiger partial charge in [-0.05, 0) is 19.3 Å². The number of nitriles is 1. The highest BCUT2D eigenvalue weighted by Gasteiger charge is 2.27. The number of ether oxygens (including phenoxy) is 1. The van der Waals surface area contributed by atoms with E-state index in [2.05, 4.69) is 4.98 Å². The van der Waals surface area contributed by atoms with E-state index in [-0.39, 0.29) is 29.3 Å². The number of rotatable bonds is 3. The van der Waals surface area contributed by atoms with Crippen molar-refractivity contribution in [3.8, 4) is 11.9 Å². The number of hydrogen-bond donors (Lipinski definition) is 1. The summed E-state index contributed by atoms with van der Waals surface area (Å²) in [5.74, 6) is -0.0434. The summed E-state index contributed by atoms with van der Waals surface area (Å²) in [5.41, 5.74) is 5.60. The van der Waals surface area contributed by atoms with Crippen molar-refractivity contribution >= 4 is 5.69 Å². The van der Waals surface area contributed by atoms with E-state index in [4.69, 9.17) is 15.7 Å². The van der Waals surface area contributed by atoms with Crippen LogP contribution in [-0.4, -0.2) is 22.1 Å². The second-order valence-corrected chi connectivity index (χ2v) is 4.23. The van der Waals surface area contributed by atoms with Gasteiger partial charge in [0.2, 0.25) is 0 Å².